The molecule has 1 atom stereocenters. The highest BCUT2D eigenvalue weighted by Crippen LogP contribution is 2.46. The number of ether oxygens (including phenoxy) is 3. The maximum absolute atomic E-state index is 14.1. The first-order valence-electron chi connectivity index (χ1n) is 11.5. The van der Waals surface area contributed by atoms with Gasteiger partial charge in [0, 0.05) is 11.1 Å². The monoisotopic (exact) mass is 516 g/mol. The summed E-state index contributed by atoms with van der Waals surface area (Å²) in [6, 6.07) is 21.4. The largest absolute Gasteiger partial charge is 0.494 e. The molecule has 0 aliphatic carbocycles. The lowest BCUT2D eigenvalue weighted by Gasteiger charge is -2.24. The Kier molecular flexibility index (Phi) is 6.71. The number of rotatable bonds is 7. The van der Waals surface area contributed by atoms with Crippen molar-refractivity contribution in [2.45, 2.75) is 19.4 Å². The fourth-order valence-corrected chi connectivity index (χ4v) is 4.48. The number of benzene rings is 3. The second-order valence-electron chi connectivity index (χ2n) is 8.26. The van der Waals surface area contributed by atoms with E-state index in [4.69, 9.17) is 31.5 Å². The average Bonchev–Trinajstić information content (AvgIpc) is 3.32. The predicted octanol–water partition coefficient (Wildman–Crippen LogP) is 6.07. The molecular weight excluding hydrogens is 495 g/mol. The molecule has 1 aliphatic heterocycles. The van der Waals surface area contributed by atoms with Crippen molar-refractivity contribution < 1.29 is 18.6 Å². The number of nitrogens with two attached hydrogens (primary N) is 1. The number of aromatic amines is 1. The standard InChI is InChI=1S/C28H22ClFN4O3/c1-2-35-18-12-8-17(9-13-18)26-25-24(20(14-31)27(32)37-28(25)34-33-26)16-6-10-19(11-7-16)36-15-21-22(29)4-3-5-23(21)30/h3-13,24H,2,15,32H2,1H3,(H,33,34)/t24-/m1/s1. The van der Waals surface area contributed by atoms with Crippen molar-refractivity contribution in [2.75, 3.05) is 6.61 Å². The molecule has 0 radical (unpaired) electrons. The zero-order valence-corrected chi connectivity index (χ0v) is 20.6. The Labute approximate surface area is 217 Å². The second-order valence-corrected chi connectivity index (χ2v) is 8.66. The Morgan fingerprint density at radius 3 is 2.46 bits per heavy atom. The molecule has 0 fully saturated rings. The molecule has 4 aromatic rings. The fourth-order valence-electron chi connectivity index (χ4n) is 4.27. The number of aromatic nitrogens is 2. The first-order chi connectivity index (χ1) is 18.0. The predicted molar refractivity (Wildman–Crippen MR) is 137 cm³/mol. The average molecular weight is 517 g/mol. The summed E-state index contributed by atoms with van der Waals surface area (Å²) < 4.78 is 31.1. The van der Waals surface area contributed by atoms with Crippen molar-refractivity contribution in [1.82, 2.24) is 10.2 Å². The fraction of sp³-hybridized carbons (Fsp3) is 0.143. The highest BCUT2D eigenvalue weighted by Gasteiger charge is 2.35. The summed E-state index contributed by atoms with van der Waals surface area (Å²) >= 11 is 6.10. The number of hydrogen-bond donors (Lipinski definition) is 2. The van der Waals surface area contributed by atoms with Crippen LogP contribution < -0.4 is 19.9 Å². The van der Waals surface area contributed by atoms with Crippen molar-refractivity contribution >= 4 is 11.6 Å². The number of hydrogen-bond acceptors (Lipinski definition) is 6. The van der Waals surface area contributed by atoms with Crippen molar-refractivity contribution in [3.05, 3.63) is 106 Å². The molecule has 0 amide bonds. The van der Waals surface area contributed by atoms with Crippen LogP contribution in [0, 0.1) is 17.1 Å². The smallest absolute Gasteiger partial charge is 0.244 e. The number of allylic oxidation sites excluding steroid dienone is 1. The van der Waals surface area contributed by atoms with Crippen molar-refractivity contribution in [3.8, 4) is 34.7 Å². The van der Waals surface area contributed by atoms with Gasteiger partial charge in [0.1, 0.15) is 35.6 Å². The SMILES string of the molecule is CCOc1ccc(-c2[nH]nc3c2[C@H](c2ccc(OCc4c(F)cccc4Cl)cc2)C(C#N)=C(N)O3)cc1. The normalized spacial score (nSPS) is 14.5. The quantitative estimate of drug-likeness (QED) is 0.309. The van der Waals surface area contributed by atoms with Gasteiger partial charge in [-0.1, -0.05) is 29.8 Å². The van der Waals surface area contributed by atoms with Crippen LogP contribution in [-0.2, 0) is 6.61 Å². The Hall–Kier alpha value is -4.48. The first kappa shape index (κ1) is 24.2. The lowest BCUT2D eigenvalue weighted by atomic mass is 9.83. The van der Waals surface area contributed by atoms with E-state index in [1.807, 2.05) is 43.3 Å². The van der Waals surface area contributed by atoms with Crippen LogP contribution in [0.1, 0.15) is 29.5 Å². The van der Waals surface area contributed by atoms with Gasteiger partial charge in [-0.2, -0.15) is 5.26 Å². The van der Waals surface area contributed by atoms with Gasteiger partial charge in [0.15, 0.2) is 0 Å². The molecule has 37 heavy (non-hydrogen) atoms. The van der Waals surface area contributed by atoms with Gasteiger partial charge < -0.3 is 19.9 Å². The number of nitriles is 1. The van der Waals surface area contributed by atoms with Crippen molar-refractivity contribution in [3.63, 3.8) is 0 Å². The van der Waals surface area contributed by atoms with Crippen LogP contribution in [0.5, 0.6) is 17.4 Å². The zero-order valence-electron chi connectivity index (χ0n) is 19.8. The second kappa shape index (κ2) is 10.2. The number of nitrogens with one attached hydrogen (secondary N) is 1. The Morgan fingerprint density at radius 1 is 1.08 bits per heavy atom. The summed E-state index contributed by atoms with van der Waals surface area (Å²) in [6.45, 7) is 2.47. The summed E-state index contributed by atoms with van der Waals surface area (Å²) in [5, 5.41) is 17.6. The molecular formula is C28H22ClFN4O3. The highest BCUT2D eigenvalue weighted by molar-refractivity contribution is 6.31. The Bertz CT molecular complexity index is 1490. The number of nitrogens with zero attached hydrogens (tertiary/aromatic N) is 2. The molecule has 7 nitrogen and oxygen atoms in total. The van der Waals surface area contributed by atoms with Gasteiger partial charge in [-0.3, -0.25) is 5.10 Å². The lowest BCUT2D eigenvalue weighted by molar-refractivity contribution is 0.300. The van der Waals surface area contributed by atoms with E-state index in [9.17, 15) is 9.65 Å². The minimum absolute atomic E-state index is 0.000681. The summed E-state index contributed by atoms with van der Waals surface area (Å²) in [4.78, 5) is 0. The molecule has 0 unspecified atom stereocenters. The van der Waals surface area contributed by atoms with E-state index in [1.54, 1.807) is 24.3 Å². The lowest BCUT2D eigenvalue weighted by Crippen LogP contribution is -2.21. The van der Waals surface area contributed by atoms with Gasteiger partial charge in [0.25, 0.3) is 0 Å². The summed E-state index contributed by atoms with van der Waals surface area (Å²) in [7, 11) is 0. The molecule has 0 saturated carbocycles. The van der Waals surface area contributed by atoms with Crippen LogP contribution in [0.2, 0.25) is 5.02 Å². The molecule has 3 N–H and O–H groups in total. The van der Waals surface area contributed by atoms with Gasteiger partial charge in [0.05, 0.1) is 28.8 Å². The van der Waals surface area contributed by atoms with E-state index in [2.05, 4.69) is 16.3 Å². The number of H-pyrrole nitrogens is 1. The van der Waals surface area contributed by atoms with E-state index in [-0.39, 0.29) is 23.6 Å². The summed E-state index contributed by atoms with van der Waals surface area (Å²) in [5.41, 5.74) is 9.69. The molecule has 2 heterocycles. The van der Waals surface area contributed by atoms with Crippen LogP contribution in [-0.4, -0.2) is 16.8 Å². The van der Waals surface area contributed by atoms with Crippen molar-refractivity contribution in [1.29, 1.82) is 5.26 Å². The van der Waals surface area contributed by atoms with Crippen LogP contribution in [0.3, 0.4) is 0 Å². The maximum Gasteiger partial charge on any atom is 0.244 e. The molecule has 5 rings (SSSR count). The van der Waals surface area contributed by atoms with Gasteiger partial charge in [0.2, 0.25) is 11.8 Å². The minimum atomic E-state index is -0.524. The molecule has 0 saturated heterocycles. The summed E-state index contributed by atoms with van der Waals surface area (Å²) in [5.74, 6) is 0.620. The molecule has 1 aliphatic rings. The zero-order chi connectivity index (χ0) is 25.9. The van der Waals surface area contributed by atoms with Gasteiger partial charge in [-0.25, -0.2) is 4.39 Å². The highest BCUT2D eigenvalue weighted by atomic mass is 35.5. The molecule has 1 aromatic heterocycles. The molecule has 3 aromatic carbocycles. The molecule has 9 heteroatoms. The number of fused-ring (bicyclic) bond motifs is 1. The third-order valence-corrected chi connectivity index (χ3v) is 6.41. The van der Waals surface area contributed by atoms with Crippen LogP contribution >= 0.6 is 11.6 Å². The minimum Gasteiger partial charge on any atom is -0.494 e. The maximum atomic E-state index is 14.1. The third kappa shape index (κ3) is 4.69. The van der Waals surface area contributed by atoms with Gasteiger partial charge in [-0.15, -0.1) is 5.10 Å². The Morgan fingerprint density at radius 2 is 1.78 bits per heavy atom. The summed E-state index contributed by atoms with van der Waals surface area (Å²) in [6.07, 6.45) is 0. The number of halogens is 2. The van der Waals surface area contributed by atoms with Gasteiger partial charge in [-0.05, 0) is 61.0 Å². The third-order valence-electron chi connectivity index (χ3n) is 6.05. The first-order valence-corrected chi connectivity index (χ1v) is 11.9. The molecule has 0 spiro atoms. The van der Waals surface area contributed by atoms with Crippen LogP contribution in [0.15, 0.2) is 78.2 Å². The van der Waals surface area contributed by atoms with E-state index in [0.29, 0.717) is 34.5 Å². The molecule has 0 bridgehead atoms. The van der Waals surface area contributed by atoms with E-state index >= 15 is 0 Å². The Balaban J connectivity index is 1.47. The topological polar surface area (TPSA) is 106 Å². The van der Waals surface area contributed by atoms with Crippen LogP contribution in [0.4, 0.5) is 4.39 Å². The van der Waals surface area contributed by atoms with E-state index in [1.165, 1.54) is 6.07 Å². The van der Waals surface area contributed by atoms with Crippen molar-refractivity contribution in [2.24, 2.45) is 5.73 Å². The molecule has 186 valence electrons. The van der Waals surface area contributed by atoms with Gasteiger partial charge >= 0.3 is 0 Å². The van der Waals surface area contributed by atoms with Crippen LogP contribution in [0.25, 0.3) is 11.3 Å². The van der Waals surface area contributed by atoms with E-state index < -0.39 is 11.7 Å². The van der Waals surface area contributed by atoms with E-state index in [0.717, 1.165) is 16.9 Å².